The maximum absolute atomic E-state index is 10.9. The first kappa shape index (κ1) is 10.4. The van der Waals surface area contributed by atoms with Crippen molar-refractivity contribution in [2.24, 2.45) is 0 Å². The number of aromatic nitrogens is 1. The highest BCUT2D eigenvalue weighted by Gasteiger charge is 2.12. The van der Waals surface area contributed by atoms with Gasteiger partial charge in [0.25, 0.3) is 0 Å². The van der Waals surface area contributed by atoms with Gasteiger partial charge in [-0.05, 0) is 30.7 Å². The predicted octanol–water partition coefficient (Wildman–Crippen LogP) is 2.60. The first-order chi connectivity index (χ1) is 7.72. The van der Waals surface area contributed by atoms with Gasteiger partial charge in [-0.15, -0.1) is 0 Å². The van der Waals surface area contributed by atoms with E-state index in [1.807, 2.05) is 6.92 Å². The summed E-state index contributed by atoms with van der Waals surface area (Å²) < 4.78 is 5.21. The Labute approximate surface area is 92.6 Å². The first-order valence-corrected chi connectivity index (χ1v) is 4.99. The molecule has 0 bridgehead atoms. The number of pyridine rings is 1. The van der Waals surface area contributed by atoms with Gasteiger partial charge in [0.2, 0.25) is 0 Å². The van der Waals surface area contributed by atoms with Crippen LogP contribution in [-0.2, 0) is 6.42 Å². The normalized spacial score (nSPS) is 10.3. The Hall–Kier alpha value is -2.10. The molecule has 2 heterocycles. The molecule has 0 radical (unpaired) electrons. The summed E-state index contributed by atoms with van der Waals surface area (Å²) in [6.45, 7) is 1.88. The van der Waals surface area contributed by atoms with Crippen LogP contribution in [0.15, 0.2) is 34.9 Å². The molecule has 0 unspecified atom stereocenters. The van der Waals surface area contributed by atoms with E-state index in [1.165, 1.54) is 0 Å². The number of hydrogen-bond donors (Lipinski definition) is 1. The van der Waals surface area contributed by atoms with Crippen LogP contribution in [0.3, 0.4) is 0 Å². The molecular weight excluding hydrogens is 206 g/mol. The van der Waals surface area contributed by atoms with Crippen molar-refractivity contribution in [3.8, 4) is 11.5 Å². The number of aromatic carboxylic acids is 1. The Balaban J connectivity index is 2.49. The Morgan fingerprint density at radius 1 is 1.44 bits per heavy atom. The molecule has 16 heavy (non-hydrogen) atoms. The van der Waals surface area contributed by atoms with Gasteiger partial charge in [-0.3, -0.25) is 0 Å². The monoisotopic (exact) mass is 217 g/mol. The number of carboxylic acid groups (broad SMARTS) is 1. The minimum absolute atomic E-state index is 0.248. The van der Waals surface area contributed by atoms with Crippen molar-refractivity contribution in [3.63, 3.8) is 0 Å². The molecule has 0 saturated heterocycles. The Morgan fingerprint density at radius 3 is 2.81 bits per heavy atom. The van der Waals surface area contributed by atoms with Crippen LogP contribution in [0.1, 0.15) is 23.0 Å². The number of carboxylic acids is 1. The van der Waals surface area contributed by atoms with Crippen molar-refractivity contribution < 1.29 is 14.3 Å². The Bertz CT molecular complexity index is 503. The zero-order valence-corrected chi connectivity index (χ0v) is 8.80. The second-order valence-corrected chi connectivity index (χ2v) is 3.33. The topological polar surface area (TPSA) is 63.3 Å². The number of carbonyl (C=O) groups is 1. The first-order valence-electron chi connectivity index (χ1n) is 4.99. The molecule has 2 aromatic heterocycles. The molecule has 2 aromatic rings. The number of aryl methyl sites for hydroxylation is 1. The molecule has 0 amide bonds. The van der Waals surface area contributed by atoms with Gasteiger partial charge in [-0.2, -0.15) is 0 Å². The van der Waals surface area contributed by atoms with E-state index in [2.05, 4.69) is 4.98 Å². The van der Waals surface area contributed by atoms with Gasteiger partial charge < -0.3 is 9.52 Å². The molecule has 0 aliphatic rings. The molecular formula is C12H11NO3. The Kier molecular flexibility index (Phi) is 2.72. The maximum Gasteiger partial charge on any atom is 0.337 e. The molecule has 0 aliphatic carbocycles. The second kappa shape index (κ2) is 4.18. The van der Waals surface area contributed by atoms with Crippen molar-refractivity contribution in [1.82, 2.24) is 4.98 Å². The van der Waals surface area contributed by atoms with E-state index >= 15 is 0 Å². The van der Waals surface area contributed by atoms with Gasteiger partial charge in [-0.25, -0.2) is 9.78 Å². The highest BCUT2D eigenvalue weighted by Crippen LogP contribution is 2.19. The van der Waals surface area contributed by atoms with Crippen molar-refractivity contribution in [2.75, 3.05) is 0 Å². The summed E-state index contributed by atoms with van der Waals surface area (Å²) in [6, 6.07) is 6.78. The second-order valence-electron chi connectivity index (χ2n) is 3.33. The molecule has 0 spiro atoms. The molecule has 0 fully saturated rings. The fraction of sp³-hybridized carbons (Fsp3) is 0.167. The molecule has 2 rings (SSSR count). The zero-order chi connectivity index (χ0) is 11.5. The summed E-state index contributed by atoms with van der Waals surface area (Å²) in [5, 5.41) is 8.95. The number of rotatable bonds is 3. The lowest BCUT2D eigenvalue weighted by molar-refractivity contribution is 0.0695. The van der Waals surface area contributed by atoms with Crippen LogP contribution in [0.2, 0.25) is 0 Å². The molecule has 1 N–H and O–H groups in total. The van der Waals surface area contributed by atoms with Crippen molar-refractivity contribution >= 4 is 5.97 Å². The third kappa shape index (κ3) is 1.82. The van der Waals surface area contributed by atoms with Crippen molar-refractivity contribution in [2.45, 2.75) is 13.3 Å². The van der Waals surface area contributed by atoms with E-state index in [4.69, 9.17) is 9.52 Å². The third-order valence-corrected chi connectivity index (χ3v) is 2.31. The summed E-state index contributed by atoms with van der Waals surface area (Å²) in [7, 11) is 0. The van der Waals surface area contributed by atoms with Crippen LogP contribution in [0.4, 0.5) is 0 Å². The fourth-order valence-electron chi connectivity index (χ4n) is 1.53. The van der Waals surface area contributed by atoms with E-state index in [1.54, 1.807) is 30.5 Å². The van der Waals surface area contributed by atoms with E-state index < -0.39 is 5.97 Å². The molecule has 4 heteroatoms. The minimum Gasteiger partial charge on any atom is -0.478 e. The highest BCUT2D eigenvalue weighted by molar-refractivity contribution is 5.89. The van der Waals surface area contributed by atoms with E-state index in [0.29, 0.717) is 23.6 Å². The van der Waals surface area contributed by atoms with Crippen LogP contribution in [0, 0.1) is 0 Å². The van der Waals surface area contributed by atoms with Gasteiger partial charge in [0.15, 0.2) is 5.76 Å². The number of nitrogens with zero attached hydrogens (tertiary/aromatic N) is 1. The highest BCUT2D eigenvalue weighted by atomic mass is 16.4. The SMILES string of the molecule is CCc1nc(-c2ccco2)ccc1C(=O)O. The van der Waals surface area contributed by atoms with Crippen LogP contribution in [-0.4, -0.2) is 16.1 Å². The van der Waals surface area contributed by atoms with Crippen LogP contribution >= 0.6 is 0 Å². The molecule has 0 atom stereocenters. The molecule has 0 aliphatic heterocycles. The van der Waals surface area contributed by atoms with Crippen molar-refractivity contribution in [1.29, 1.82) is 0 Å². The molecule has 4 nitrogen and oxygen atoms in total. The average molecular weight is 217 g/mol. The third-order valence-electron chi connectivity index (χ3n) is 2.31. The lowest BCUT2D eigenvalue weighted by Gasteiger charge is -2.04. The minimum atomic E-state index is -0.949. The average Bonchev–Trinajstić information content (AvgIpc) is 2.81. The van der Waals surface area contributed by atoms with Gasteiger partial charge >= 0.3 is 5.97 Å². The number of hydrogen-bond acceptors (Lipinski definition) is 3. The number of furan rings is 1. The summed E-state index contributed by atoms with van der Waals surface area (Å²) >= 11 is 0. The van der Waals surface area contributed by atoms with E-state index in [9.17, 15) is 4.79 Å². The molecule has 82 valence electrons. The molecule has 0 saturated carbocycles. The fourth-order valence-corrected chi connectivity index (χ4v) is 1.53. The van der Waals surface area contributed by atoms with Gasteiger partial charge in [0.05, 0.1) is 17.5 Å². The summed E-state index contributed by atoms with van der Waals surface area (Å²) in [5.74, 6) is -0.304. The van der Waals surface area contributed by atoms with E-state index in [-0.39, 0.29) is 5.56 Å². The summed E-state index contributed by atoms with van der Waals surface area (Å²) in [5.41, 5.74) is 1.48. The zero-order valence-electron chi connectivity index (χ0n) is 8.80. The quantitative estimate of drug-likeness (QED) is 0.858. The molecule has 0 aromatic carbocycles. The van der Waals surface area contributed by atoms with Crippen LogP contribution in [0.5, 0.6) is 0 Å². The summed E-state index contributed by atoms with van der Waals surface area (Å²) in [4.78, 5) is 15.2. The van der Waals surface area contributed by atoms with Crippen molar-refractivity contribution in [3.05, 3.63) is 41.8 Å². The van der Waals surface area contributed by atoms with Crippen LogP contribution < -0.4 is 0 Å². The van der Waals surface area contributed by atoms with Gasteiger partial charge in [0.1, 0.15) is 5.69 Å². The van der Waals surface area contributed by atoms with E-state index in [0.717, 1.165) is 0 Å². The predicted molar refractivity (Wildman–Crippen MR) is 58.3 cm³/mol. The van der Waals surface area contributed by atoms with Gasteiger partial charge in [0, 0.05) is 0 Å². The van der Waals surface area contributed by atoms with Gasteiger partial charge in [-0.1, -0.05) is 6.92 Å². The lowest BCUT2D eigenvalue weighted by Crippen LogP contribution is -2.04. The lowest BCUT2D eigenvalue weighted by atomic mass is 10.1. The smallest absolute Gasteiger partial charge is 0.337 e. The largest absolute Gasteiger partial charge is 0.478 e. The standard InChI is InChI=1S/C12H11NO3/c1-2-9-8(12(14)15)5-6-10(13-9)11-4-3-7-16-11/h3-7H,2H2,1H3,(H,14,15). The Morgan fingerprint density at radius 2 is 2.25 bits per heavy atom. The van der Waals surface area contributed by atoms with Crippen LogP contribution in [0.25, 0.3) is 11.5 Å². The maximum atomic E-state index is 10.9. The summed E-state index contributed by atoms with van der Waals surface area (Å²) in [6.07, 6.45) is 2.14.